The van der Waals surface area contributed by atoms with E-state index in [0.717, 1.165) is 19.4 Å². The Morgan fingerprint density at radius 3 is 2.71 bits per heavy atom. The molecule has 0 aliphatic carbocycles. The van der Waals surface area contributed by atoms with Crippen molar-refractivity contribution in [1.29, 1.82) is 0 Å². The van der Waals surface area contributed by atoms with Crippen molar-refractivity contribution < 1.29 is 9.53 Å². The molecule has 2 heterocycles. The molecule has 4 atom stereocenters. The average Bonchev–Trinajstić information content (AvgIpc) is 2.56. The van der Waals surface area contributed by atoms with Gasteiger partial charge in [0.05, 0.1) is 18.3 Å². The number of hydrogen-bond donors (Lipinski definition) is 1. The fourth-order valence-electron chi connectivity index (χ4n) is 2.92. The first-order chi connectivity index (χ1) is 8.00. The summed E-state index contributed by atoms with van der Waals surface area (Å²) in [5.74, 6) is 0.699. The Hall–Kier alpha value is -0.610. The van der Waals surface area contributed by atoms with Crippen LogP contribution in [0.4, 0.5) is 0 Å². The Bertz CT molecular complexity index is 293. The van der Waals surface area contributed by atoms with E-state index < -0.39 is 0 Å². The topological polar surface area (TPSA) is 41.6 Å². The van der Waals surface area contributed by atoms with E-state index >= 15 is 0 Å². The van der Waals surface area contributed by atoms with E-state index in [0.29, 0.717) is 12.0 Å². The van der Waals surface area contributed by atoms with E-state index in [9.17, 15) is 4.79 Å². The molecular formula is C13H24N2O2. The number of ether oxygens (including phenoxy) is 1. The molecule has 1 N–H and O–H groups in total. The number of nitrogens with zero attached hydrogens (tertiary/aromatic N) is 1. The van der Waals surface area contributed by atoms with E-state index in [1.807, 2.05) is 6.92 Å². The third-order valence-electron chi connectivity index (χ3n) is 3.83. The van der Waals surface area contributed by atoms with Gasteiger partial charge in [0.1, 0.15) is 0 Å². The van der Waals surface area contributed by atoms with Gasteiger partial charge in [-0.05, 0) is 32.6 Å². The summed E-state index contributed by atoms with van der Waals surface area (Å²) in [7, 11) is 0. The van der Waals surface area contributed by atoms with Crippen LogP contribution in [-0.4, -0.2) is 41.8 Å². The van der Waals surface area contributed by atoms with Crippen LogP contribution >= 0.6 is 0 Å². The van der Waals surface area contributed by atoms with Crippen LogP contribution in [0.5, 0.6) is 0 Å². The zero-order chi connectivity index (χ0) is 12.6. The Morgan fingerprint density at radius 1 is 1.41 bits per heavy atom. The highest BCUT2D eigenvalue weighted by molar-refractivity contribution is 5.84. The summed E-state index contributed by atoms with van der Waals surface area (Å²) in [6.45, 7) is 9.15. The molecule has 1 amide bonds. The lowest BCUT2D eigenvalue weighted by Gasteiger charge is -2.38. The van der Waals surface area contributed by atoms with Gasteiger partial charge in [0, 0.05) is 12.6 Å². The molecule has 2 aliphatic rings. The molecule has 17 heavy (non-hydrogen) atoms. The van der Waals surface area contributed by atoms with Crippen LogP contribution in [0.25, 0.3) is 0 Å². The molecule has 2 saturated heterocycles. The van der Waals surface area contributed by atoms with Crippen LogP contribution in [0.1, 0.15) is 40.5 Å². The average molecular weight is 240 g/mol. The van der Waals surface area contributed by atoms with Crippen molar-refractivity contribution in [2.75, 3.05) is 6.61 Å². The standard InChI is InChI=1S/C13H24N2O2/c1-8(2)12-14-10(4)13(16)15(12)11-5-6-17-9(3)7-11/h8-12,14H,5-7H2,1-4H3. The van der Waals surface area contributed by atoms with Gasteiger partial charge in [-0.3, -0.25) is 10.1 Å². The third-order valence-corrected chi connectivity index (χ3v) is 3.83. The van der Waals surface area contributed by atoms with Crippen LogP contribution in [0.3, 0.4) is 0 Å². The second kappa shape index (κ2) is 4.94. The molecule has 2 rings (SSSR count). The summed E-state index contributed by atoms with van der Waals surface area (Å²) in [6, 6.07) is 0.302. The Morgan fingerprint density at radius 2 is 2.12 bits per heavy atom. The van der Waals surface area contributed by atoms with Crippen molar-refractivity contribution >= 4 is 5.91 Å². The van der Waals surface area contributed by atoms with Crippen LogP contribution in [0.2, 0.25) is 0 Å². The normalized spacial score (nSPS) is 39.1. The number of carbonyl (C=O) groups is 1. The highest BCUT2D eigenvalue weighted by Crippen LogP contribution is 2.27. The predicted octanol–water partition coefficient (Wildman–Crippen LogP) is 1.36. The van der Waals surface area contributed by atoms with Crippen LogP contribution in [-0.2, 0) is 9.53 Å². The molecular weight excluding hydrogens is 216 g/mol. The summed E-state index contributed by atoms with van der Waals surface area (Å²) < 4.78 is 5.57. The second-order valence-corrected chi connectivity index (χ2v) is 5.68. The van der Waals surface area contributed by atoms with Gasteiger partial charge in [-0.25, -0.2) is 0 Å². The maximum absolute atomic E-state index is 12.2. The van der Waals surface area contributed by atoms with Crippen molar-refractivity contribution in [1.82, 2.24) is 10.2 Å². The van der Waals surface area contributed by atoms with Crippen LogP contribution < -0.4 is 5.32 Å². The van der Waals surface area contributed by atoms with Gasteiger partial charge in [-0.15, -0.1) is 0 Å². The van der Waals surface area contributed by atoms with Crippen molar-refractivity contribution in [3.63, 3.8) is 0 Å². The number of carbonyl (C=O) groups excluding carboxylic acids is 1. The van der Waals surface area contributed by atoms with E-state index in [2.05, 4.69) is 31.0 Å². The lowest BCUT2D eigenvalue weighted by Crippen LogP contribution is -2.50. The molecule has 0 saturated carbocycles. The Balaban J connectivity index is 2.13. The van der Waals surface area contributed by atoms with Gasteiger partial charge in [0.2, 0.25) is 5.91 Å². The highest BCUT2D eigenvalue weighted by Gasteiger charge is 2.42. The predicted molar refractivity (Wildman–Crippen MR) is 66.5 cm³/mol. The van der Waals surface area contributed by atoms with Gasteiger partial charge >= 0.3 is 0 Å². The first kappa shape index (κ1) is 12.8. The molecule has 4 unspecified atom stereocenters. The number of nitrogens with one attached hydrogen (secondary N) is 1. The van der Waals surface area contributed by atoms with E-state index in [1.165, 1.54) is 0 Å². The van der Waals surface area contributed by atoms with Crippen molar-refractivity contribution in [2.24, 2.45) is 5.92 Å². The minimum Gasteiger partial charge on any atom is -0.378 e. The number of hydrogen-bond acceptors (Lipinski definition) is 3. The smallest absolute Gasteiger partial charge is 0.240 e. The van der Waals surface area contributed by atoms with E-state index in [1.54, 1.807) is 0 Å². The fourth-order valence-corrected chi connectivity index (χ4v) is 2.92. The molecule has 98 valence electrons. The number of amides is 1. The summed E-state index contributed by atoms with van der Waals surface area (Å²) in [5.41, 5.74) is 0. The van der Waals surface area contributed by atoms with Gasteiger partial charge in [-0.1, -0.05) is 13.8 Å². The minimum absolute atomic E-state index is 0.0412. The summed E-state index contributed by atoms with van der Waals surface area (Å²) in [5, 5.41) is 3.40. The van der Waals surface area contributed by atoms with Crippen molar-refractivity contribution in [3.8, 4) is 0 Å². The van der Waals surface area contributed by atoms with Crippen molar-refractivity contribution in [3.05, 3.63) is 0 Å². The summed E-state index contributed by atoms with van der Waals surface area (Å²) in [4.78, 5) is 14.3. The maximum Gasteiger partial charge on any atom is 0.240 e. The summed E-state index contributed by atoms with van der Waals surface area (Å²) >= 11 is 0. The summed E-state index contributed by atoms with van der Waals surface area (Å²) in [6.07, 6.45) is 2.38. The van der Waals surface area contributed by atoms with Gasteiger partial charge < -0.3 is 9.64 Å². The first-order valence-corrected chi connectivity index (χ1v) is 6.70. The molecule has 2 aliphatic heterocycles. The SMILES string of the molecule is CC1CC(N2C(=O)C(C)NC2C(C)C)CCO1. The lowest BCUT2D eigenvalue weighted by molar-refractivity contribution is -0.135. The zero-order valence-electron chi connectivity index (χ0n) is 11.3. The highest BCUT2D eigenvalue weighted by atomic mass is 16.5. The monoisotopic (exact) mass is 240 g/mol. The minimum atomic E-state index is -0.0412. The third kappa shape index (κ3) is 2.47. The Labute approximate surface area is 104 Å². The van der Waals surface area contributed by atoms with Crippen LogP contribution in [0, 0.1) is 5.92 Å². The van der Waals surface area contributed by atoms with Gasteiger partial charge in [0.25, 0.3) is 0 Å². The van der Waals surface area contributed by atoms with Gasteiger partial charge in [0.15, 0.2) is 0 Å². The van der Waals surface area contributed by atoms with Crippen LogP contribution in [0.15, 0.2) is 0 Å². The van der Waals surface area contributed by atoms with E-state index in [4.69, 9.17) is 4.74 Å². The lowest BCUT2D eigenvalue weighted by atomic mass is 10.00. The molecule has 0 aromatic rings. The van der Waals surface area contributed by atoms with Gasteiger partial charge in [-0.2, -0.15) is 0 Å². The molecule has 4 nitrogen and oxygen atoms in total. The molecule has 4 heteroatoms. The zero-order valence-corrected chi connectivity index (χ0v) is 11.3. The molecule has 0 aromatic carbocycles. The number of rotatable bonds is 2. The molecule has 0 spiro atoms. The maximum atomic E-state index is 12.2. The molecule has 0 aromatic heterocycles. The molecule has 0 bridgehead atoms. The first-order valence-electron chi connectivity index (χ1n) is 6.70. The largest absolute Gasteiger partial charge is 0.378 e. The second-order valence-electron chi connectivity index (χ2n) is 5.68. The molecule has 0 radical (unpaired) electrons. The quantitative estimate of drug-likeness (QED) is 0.792. The fraction of sp³-hybridized carbons (Fsp3) is 0.923. The van der Waals surface area contributed by atoms with Crippen molar-refractivity contribution in [2.45, 2.75) is 64.9 Å². The van der Waals surface area contributed by atoms with E-state index in [-0.39, 0.29) is 24.2 Å². The Kier molecular flexibility index (Phi) is 3.73. The molecule has 2 fully saturated rings.